The summed E-state index contributed by atoms with van der Waals surface area (Å²) in [6.45, 7) is 0. The molecular formula is C7H9FN4O. The van der Waals surface area contributed by atoms with E-state index in [1.807, 2.05) is 0 Å². The number of phenolic OH excluding ortho intramolecular Hbond substituents is 1. The van der Waals surface area contributed by atoms with E-state index >= 15 is 0 Å². The molecule has 0 aliphatic heterocycles. The molecule has 0 atom stereocenters. The van der Waals surface area contributed by atoms with Crippen LogP contribution in [0, 0.1) is 5.82 Å². The first-order valence-electron chi connectivity index (χ1n) is 3.41. The Bertz CT molecular complexity index is 328. The quantitative estimate of drug-likeness (QED) is 0.263. The van der Waals surface area contributed by atoms with Gasteiger partial charge in [-0.15, -0.1) is 0 Å². The molecule has 0 fully saturated rings. The van der Waals surface area contributed by atoms with E-state index in [1.165, 1.54) is 12.1 Å². The number of hydrogen-bond acceptors (Lipinski definition) is 4. The van der Waals surface area contributed by atoms with Crippen molar-refractivity contribution in [2.24, 2.45) is 16.8 Å². The molecule has 5 N–H and O–H groups in total. The summed E-state index contributed by atoms with van der Waals surface area (Å²) in [6.07, 6.45) is 1.05. The molecule has 0 saturated carbocycles. The number of hydrazone groups is 1. The zero-order valence-corrected chi connectivity index (χ0v) is 6.68. The number of nitrogens with zero attached hydrogens (tertiary/aromatic N) is 2. The van der Waals surface area contributed by atoms with Gasteiger partial charge in [0.05, 0.1) is 5.69 Å². The lowest BCUT2D eigenvalue weighted by molar-refractivity contribution is 0.469. The number of benzene rings is 1. The molecule has 1 aromatic carbocycles. The minimum atomic E-state index is -0.651. The summed E-state index contributed by atoms with van der Waals surface area (Å²) in [5.74, 6) is 9.34. The van der Waals surface area contributed by atoms with Gasteiger partial charge in [0.15, 0.2) is 5.82 Å². The third-order valence-electron chi connectivity index (χ3n) is 1.40. The Kier molecular flexibility index (Phi) is 2.65. The topological polar surface area (TPSA) is 87.9 Å². The number of aromatic hydroxyl groups is 1. The molecule has 0 unspecified atom stereocenters. The Balaban J connectivity index is 3.01. The summed E-state index contributed by atoms with van der Waals surface area (Å²) in [6, 6.07) is 3.56. The summed E-state index contributed by atoms with van der Waals surface area (Å²) in [4.78, 5) is 0. The average molecular weight is 184 g/mol. The van der Waals surface area contributed by atoms with Crippen LogP contribution in [0.2, 0.25) is 0 Å². The standard InChI is InChI=1S/C7H9FN4O/c8-6-3-5(13)1-2-7(6)12(10)4-11-9/h1-4,13H,9-10H2/b11-4-. The van der Waals surface area contributed by atoms with Crippen molar-refractivity contribution < 1.29 is 9.50 Å². The van der Waals surface area contributed by atoms with Crippen LogP contribution in [-0.2, 0) is 0 Å². The van der Waals surface area contributed by atoms with Crippen molar-refractivity contribution in [1.82, 2.24) is 0 Å². The van der Waals surface area contributed by atoms with Gasteiger partial charge in [0, 0.05) is 6.07 Å². The molecular weight excluding hydrogens is 175 g/mol. The van der Waals surface area contributed by atoms with E-state index in [0.29, 0.717) is 0 Å². The lowest BCUT2D eigenvalue weighted by atomic mass is 10.3. The third-order valence-corrected chi connectivity index (χ3v) is 1.40. The Morgan fingerprint density at radius 1 is 1.54 bits per heavy atom. The van der Waals surface area contributed by atoms with Crippen LogP contribution in [0.3, 0.4) is 0 Å². The zero-order valence-electron chi connectivity index (χ0n) is 6.68. The van der Waals surface area contributed by atoms with Gasteiger partial charge in [0.1, 0.15) is 12.1 Å². The molecule has 0 bridgehead atoms. The number of phenols is 1. The van der Waals surface area contributed by atoms with Gasteiger partial charge in [-0.3, -0.25) is 5.01 Å². The molecule has 0 radical (unpaired) electrons. The summed E-state index contributed by atoms with van der Waals surface area (Å²) in [5, 5.41) is 12.9. The maximum atomic E-state index is 13.0. The van der Waals surface area contributed by atoms with E-state index in [-0.39, 0.29) is 11.4 Å². The molecule has 0 saturated heterocycles. The van der Waals surface area contributed by atoms with E-state index in [0.717, 1.165) is 17.4 Å². The summed E-state index contributed by atoms with van der Waals surface area (Å²) in [5.41, 5.74) is 0.0759. The maximum absolute atomic E-state index is 13.0. The van der Waals surface area contributed by atoms with Crippen LogP contribution < -0.4 is 16.7 Å². The highest BCUT2D eigenvalue weighted by atomic mass is 19.1. The summed E-state index contributed by atoms with van der Waals surface area (Å²) in [7, 11) is 0. The molecule has 13 heavy (non-hydrogen) atoms. The van der Waals surface area contributed by atoms with Crippen molar-refractivity contribution >= 4 is 12.0 Å². The van der Waals surface area contributed by atoms with Gasteiger partial charge in [-0.05, 0) is 12.1 Å². The van der Waals surface area contributed by atoms with E-state index in [9.17, 15) is 4.39 Å². The third kappa shape index (κ3) is 2.06. The minimum absolute atomic E-state index is 0.0759. The highest BCUT2D eigenvalue weighted by Gasteiger charge is 2.06. The number of halogens is 1. The normalized spacial score (nSPS) is 10.6. The molecule has 0 amide bonds. The Labute approximate surface area is 74.0 Å². The number of anilines is 1. The van der Waals surface area contributed by atoms with E-state index in [1.54, 1.807) is 0 Å². The van der Waals surface area contributed by atoms with Crippen molar-refractivity contribution in [3.8, 4) is 5.75 Å². The molecule has 0 aromatic heterocycles. The van der Waals surface area contributed by atoms with Gasteiger partial charge in [0.2, 0.25) is 0 Å². The monoisotopic (exact) mass is 184 g/mol. The molecule has 6 heteroatoms. The highest BCUT2D eigenvalue weighted by Crippen LogP contribution is 2.20. The first-order valence-corrected chi connectivity index (χ1v) is 3.41. The summed E-state index contributed by atoms with van der Waals surface area (Å²) >= 11 is 0. The van der Waals surface area contributed by atoms with E-state index in [2.05, 4.69) is 5.10 Å². The molecule has 5 nitrogen and oxygen atoms in total. The Morgan fingerprint density at radius 3 is 2.77 bits per heavy atom. The van der Waals surface area contributed by atoms with Gasteiger partial charge in [0.25, 0.3) is 0 Å². The first-order chi connectivity index (χ1) is 6.15. The predicted molar refractivity (Wildman–Crippen MR) is 47.4 cm³/mol. The van der Waals surface area contributed by atoms with Crippen LogP contribution in [0.25, 0.3) is 0 Å². The lowest BCUT2D eigenvalue weighted by Gasteiger charge is -2.12. The average Bonchev–Trinajstić information content (AvgIpc) is 2.04. The molecule has 0 aliphatic carbocycles. The second-order valence-corrected chi connectivity index (χ2v) is 2.31. The van der Waals surface area contributed by atoms with Crippen LogP contribution in [-0.4, -0.2) is 11.4 Å². The molecule has 0 heterocycles. The van der Waals surface area contributed by atoms with Gasteiger partial charge in [-0.1, -0.05) is 0 Å². The van der Waals surface area contributed by atoms with Crippen LogP contribution in [0.15, 0.2) is 23.3 Å². The second-order valence-electron chi connectivity index (χ2n) is 2.31. The van der Waals surface area contributed by atoms with Crippen molar-refractivity contribution in [3.63, 3.8) is 0 Å². The summed E-state index contributed by atoms with van der Waals surface area (Å²) < 4.78 is 13.0. The van der Waals surface area contributed by atoms with Crippen LogP contribution in [0.4, 0.5) is 10.1 Å². The largest absolute Gasteiger partial charge is 0.508 e. The van der Waals surface area contributed by atoms with Crippen molar-refractivity contribution in [1.29, 1.82) is 0 Å². The maximum Gasteiger partial charge on any atom is 0.152 e. The Morgan fingerprint density at radius 2 is 2.23 bits per heavy atom. The van der Waals surface area contributed by atoms with Crippen molar-refractivity contribution in [2.75, 3.05) is 5.01 Å². The number of nitrogens with two attached hydrogens (primary N) is 2. The fraction of sp³-hybridized carbons (Fsp3) is 0. The van der Waals surface area contributed by atoms with E-state index in [4.69, 9.17) is 16.8 Å². The molecule has 0 spiro atoms. The highest BCUT2D eigenvalue weighted by molar-refractivity contribution is 5.77. The van der Waals surface area contributed by atoms with Gasteiger partial charge in [-0.25, -0.2) is 10.2 Å². The molecule has 1 rings (SSSR count). The SMILES string of the molecule is N/N=C\N(N)c1ccc(O)cc1F. The van der Waals surface area contributed by atoms with Gasteiger partial charge < -0.3 is 10.9 Å². The number of hydrazine groups is 1. The molecule has 70 valence electrons. The van der Waals surface area contributed by atoms with Gasteiger partial charge >= 0.3 is 0 Å². The van der Waals surface area contributed by atoms with Crippen molar-refractivity contribution in [2.45, 2.75) is 0 Å². The second kappa shape index (κ2) is 3.72. The number of hydrogen-bond donors (Lipinski definition) is 3. The smallest absolute Gasteiger partial charge is 0.152 e. The molecule has 1 aromatic rings. The predicted octanol–water partition coefficient (Wildman–Crippen LogP) is 0.113. The van der Waals surface area contributed by atoms with Gasteiger partial charge in [-0.2, -0.15) is 5.10 Å². The van der Waals surface area contributed by atoms with Crippen LogP contribution >= 0.6 is 0 Å². The van der Waals surface area contributed by atoms with Crippen molar-refractivity contribution in [3.05, 3.63) is 24.0 Å². The van der Waals surface area contributed by atoms with Crippen LogP contribution in [0.5, 0.6) is 5.75 Å². The zero-order chi connectivity index (χ0) is 9.84. The molecule has 0 aliphatic rings. The van der Waals surface area contributed by atoms with Crippen LogP contribution in [0.1, 0.15) is 0 Å². The lowest BCUT2D eigenvalue weighted by Crippen LogP contribution is -2.30. The minimum Gasteiger partial charge on any atom is -0.508 e. The number of rotatable bonds is 2. The van der Waals surface area contributed by atoms with E-state index < -0.39 is 5.82 Å². The Hall–Kier alpha value is -1.82. The first kappa shape index (κ1) is 9.27. The fourth-order valence-electron chi connectivity index (χ4n) is 0.839. The fourth-order valence-corrected chi connectivity index (χ4v) is 0.839.